The zero-order valence-corrected chi connectivity index (χ0v) is 18.8. The zero-order chi connectivity index (χ0) is 23.3. The first-order valence-corrected chi connectivity index (χ1v) is 11.4. The highest BCUT2D eigenvalue weighted by molar-refractivity contribution is 5.87. The molecular formula is C27H26N4O3. The molecule has 0 atom stereocenters. The number of amides is 1. The van der Waals surface area contributed by atoms with Crippen molar-refractivity contribution in [3.8, 4) is 23.1 Å². The lowest BCUT2D eigenvalue weighted by molar-refractivity contribution is -0.117. The van der Waals surface area contributed by atoms with Gasteiger partial charge in [-0.1, -0.05) is 24.8 Å². The zero-order valence-electron chi connectivity index (χ0n) is 18.8. The molecule has 34 heavy (non-hydrogen) atoms. The Labute approximate surface area is 198 Å². The monoisotopic (exact) mass is 454 g/mol. The molecule has 0 unspecified atom stereocenters. The van der Waals surface area contributed by atoms with Crippen LogP contribution in [0.1, 0.15) is 31.7 Å². The second-order valence-corrected chi connectivity index (χ2v) is 8.34. The number of nitrogens with one attached hydrogen (secondary N) is 1. The van der Waals surface area contributed by atoms with E-state index in [0.29, 0.717) is 17.7 Å². The molecule has 0 saturated heterocycles. The smallest absolute Gasteiger partial charge is 0.247 e. The van der Waals surface area contributed by atoms with Gasteiger partial charge in [-0.2, -0.15) is 4.98 Å². The predicted molar refractivity (Wildman–Crippen MR) is 130 cm³/mol. The van der Waals surface area contributed by atoms with Crippen molar-refractivity contribution in [2.45, 2.75) is 37.8 Å². The lowest BCUT2D eigenvalue weighted by Gasteiger charge is -2.30. The summed E-state index contributed by atoms with van der Waals surface area (Å²) >= 11 is 0. The fourth-order valence-electron chi connectivity index (χ4n) is 4.41. The molecule has 0 aliphatic heterocycles. The molecule has 2 aromatic heterocycles. The lowest BCUT2D eigenvalue weighted by atomic mass is 9.91. The molecule has 1 fully saturated rings. The summed E-state index contributed by atoms with van der Waals surface area (Å²) < 4.78 is 14.3. The van der Waals surface area contributed by atoms with E-state index >= 15 is 0 Å². The van der Waals surface area contributed by atoms with Crippen molar-refractivity contribution in [2.75, 3.05) is 0 Å². The summed E-state index contributed by atoms with van der Waals surface area (Å²) in [5, 5.41) is 3.01. The number of hydrogen-bond acceptors (Lipinski definition) is 5. The van der Waals surface area contributed by atoms with E-state index in [1.54, 1.807) is 0 Å². The standard InChI is InChI=1S/C27H26N4O3/c1-2-25(32)30-19-8-10-20(11-9-19)31-17-16-24-26(31)27(29-18-28-24)34-23-14-12-22(13-15-23)33-21-6-4-3-5-7-21/h2-7,12-20H,1,8-11H2,(H,30,32). The van der Waals surface area contributed by atoms with Gasteiger partial charge in [-0.05, 0) is 74.2 Å². The van der Waals surface area contributed by atoms with Gasteiger partial charge in [0, 0.05) is 18.3 Å². The Hall–Kier alpha value is -4.13. The number of carbonyl (C=O) groups is 1. The lowest BCUT2D eigenvalue weighted by Crippen LogP contribution is -2.36. The molecule has 7 nitrogen and oxygen atoms in total. The number of ether oxygens (including phenoxy) is 2. The first-order chi connectivity index (χ1) is 16.7. The van der Waals surface area contributed by atoms with E-state index < -0.39 is 0 Å². The highest BCUT2D eigenvalue weighted by atomic mass is 16.5. The van der Waals surface area contributed by atoms with Crippen LogP contribution in [0, 0.1) is 0 Å². The van der Waals surface area contributed by atoms with Gasteiger partial charge in [0.2, 0.25) is 11.8 Å². The number of para-hydroxylation sites is 1. The minimum Gasteiger partial charge on any atom is -0.457 e. The molecule has 0 radical (unpaired) electrons. The molecule has 1 N–H and O–H groups in total. The third kappa shape index (κ3) is 4.78. The van der Waals surface area contributed by atoms with Gasteiger partial charge in [-0.25, -0.2) is 4.98 Å². The Morgan fingerprint density at radius 2 is 1.59 bits per heavy atom. The SMILES string of the molecule is C=CC(=O)NC1CCC(n2ccc3ncnc(Oc4ccc(Oc5ccccc5)cc4)c32)CC1. The average molecular weight is 455 g/mol. The maximum atomic E-state index is 11.6. The van der Waals surface area contributed by atoms with Gasteiger partial charge in [0.15, 0.2) is 0 Å². The number of fused-ring (bicyclic) bond motifs is 1. The molecule has 1 amide bonds. The average Bonchev–Trinajstić information content (AvgIpc) is 3.31. The Morgan fingerprint density at radius 3 is 2.29 bits per heavy atom. The minimum absolute atomic E-state index is 0.112. The van der Waals surface area contributed by atoms with Crippen LogP contribution >= 0.6 is 0 Å². The number of carbonyl (C=O) groups excluding carboxylic acids is 1. The molecule has 1 saturated carbocycles. The first-order valence-electron chi connectivity index (χ1n) is 11.4. The van der Waals surface area contributed by atoms with Crippen molar-refractivity contribution in [2.24, 2.45) is 0 Å². The molecule has 2 aromatic carbocycles. The predicted octanol–water partition coefficient (Wildman–Crippen LogP) is 5.80. The van der Waals surface area contributed by atoms with Crippen molar-refractivity contribution < 1.29 is 14.3 Å². The normalized spacial score (nSPS) is 17.8. The van der Waals surface area contributed by atoms with E-state index in [1.165, 1.54) is 12.4 Å². The van der Waals surface area contributed by atoms with Crippen LogP contribution in [0.15, 0.2) is 85.8 Å². The molecule has 1 aliphatic carbocycles. The molecule has 0 spiro atoms. The topological polar surface area (TPSA) is 78.3 Å². The molecule has 2 heterocycles. The van der Waals surface area contributed by atoms with Gasteiger partial charge < -0.3 is 19.4 Å². The van der Waals surface area contributed by atoms with Gasteiger partial charge >= 0.3 is 0 Å². The Balaban J connectivity index is 1.31. The molecule has 172 valence electrons. The van der Waals surface area contributed by atoms with E-state index in [9.17, 15) is 4.79 Å². The molecule has 1 aliphatic rings. The Bertz CT molecular complexity index is 1280. The van der Waals surface area contributed by atoms with Gasteiger partial charge in [0.25, 0.3) is 0 Å². The van der Waals surface area contributed by atoms with Crippen molar-refractivity contribution in [1.29, 1.82) is 0 Å². The summed E-state index contributed by atoms with van der Waals surface area (Å²) in [6, 6.07) is 19.6. The fourth-order valence-corrected chi connectivity index (χ4v) is 4.41. The molecule has 7 heteroatoms. The van der Waals surface area contributed by atoms with E-state index in [4.69, 9.17) is 9.47 Å². The molecular weight excluding hydrogens is 428 g/mol. The highest BCUT2D eigenvalue weighted by Gasteiger charge is 2.25. The number of rotatable bonds is 7. The number of benzene rings is 2. The highest BCUT2D eigenvalue weighted by Crippen LogP contribution is 2.35. The van der Waals surface area contributed by atoms with E-state index in [-0.39, 0.29) is 11.9 Å². The van der Waals surface area contributed by atoms with Crippen LogP contribution in [0.4, 0.5) is 0 Å². The van der Waals surface area contributed by atoms with Gasteiger partial charge in [-0.3, -0.25) is 4.79 Å². The van der Waals surface area contributed by atoms with E-state index in [0.717, 1.165) is 48.2 Å². The van der Waals surface area contributed by atoms with Crippen LogP contribution < -0.4 is 14.8 Å². The Morgan fingerprint density at radius 1 is 0.912 bits per heavy atom. The van der Waals surface area contributed by atoms with Crippen LogP contribution in [0.25, 0.3) is 11.0 Å². The quantitative estimate of drug-likeness (QED) is 0.357. The summed E-state index contributed by atoms with van der Waals surface area (Å²) in [5.41, 5.74) is 1.72. The van der Waals surface area contributed by atoms with Crippen molar-refractivity contribution in [1.82, 2.24) is 19.9 Å². The van der Waals surface area contributed by atoms with Crippen molar-refractivity contribution in [3.63, 3.8) is 0 Å². The third-order valence-corrected chi connectivity index (χ3v) is 6.11. The maximum Gasteiger partial charge on any atom is 0.247 e. The first kappa shape index (κ1) is 21.7. The molecule has 5 rings (SSSR count). The van der Waals surface area contributed by atoms with Gasteiger partial charge in [-0.15, -0.1) is 0 Å². The number of aromatic nitrogens is 3. The maximum absolute atomic E-state index is 11.6. The summed E-state index contributed by atoms with van der Waals surface area (Å²) in [5.74, 6) is 2.59. The van der Waals surface area contributed by atoms with E-state index in [1.807, 2.05) is 60.7 Å². The van der Waals surface area contributed by atoms with Crippen LogP contribution in [0.5, 0.6) is 23.1 Å². The Kier molecular flexibility index (Phi) is 6.25. The van der Waals surface area contributed by atoms with Crippen LogP contribution in [-0.2, 0) is 4.79 Å². The van der Waals surface area contributed by atoms with E-state index in [2.05, 4.69) is 32.6 Å². The van der Waals surface area contributed by atoms with Gasteiger partial charge in [0.1, 0.15) is 29.1 Å². The van der Waals surface area contributed by atoms with Crippen molar-refractivity contribution >= 4 is 16.9 Å². The molecule has 4 aromatic rings. The molecule has 0 bridgehead atoms. The summed E-state index contributed by atoms with van der Waals surface area (Å²) in [7, 11) is 0. The second kappa shape index (κ2) is 9.79. The summed E-state index contributed by atoms with van der Waals surface area (Å²) in [6.07, 6.45) is 8.63. The van der Waals surface area contributed by atoms with Crippen LogP contribution in [0.3, 0.4) is 0 Å². The van der Waals surface area contributed by atoms with Crippen LogP contribution in [0.2, 0.25) is 0 Å². The third-order valence-electron chi connectivity index (χ3n) is 6.11. The van der Waals surface area contributed by atoms with Gasteiger partial charge in [0.05, 0.1) is 5.52 Å². The van der Waals surface area contributed by atoms with Crippen LogP contribution in [-0.4, -0.2) is 26.5 Å². The number of nitrogens with zero attached hydrogens (tertiary/aromatic N) is 3. The number of hydrogen-bond donors (Lipinski definition) is 1. The summed E-state index contributed by atoms with van der Waals surface area (Å²) in [6.45, 7) is 3.53. The largest absolute Gasteiger partial charge is 0.457 e. The fraction of sp³-hybridized carbons (Fsp3) is 0.222. The second-order valence-electron chi connectivity index (χ2n) is 8.34. The minimum atomic E-state index is -0.112. The summed E-state index contributed by atoms with van der Waals surface area (Å²) in [4.78, 5) is 20.5. The van der Waals surface area contributed by atoms with Crippen molar-refractivity contribution in [3.05, 3.63) is 85.8 Å².